The van der Waals surface area contributed by atoms with Crippen molar-refractivity contribution in [3.63, 3.8) is 0 Å². The van der Waals surface area contributed by atoms with Crippen LogP contribution in [0.15, 0.2) is 24.3 Å². The Morgan fingerprint density at radius 1 is 1.28 bits per heavy atom. The van der Waals surface area contributed by atoms with E-state index in [0.29, 0.717) is 6.04 Å². The lowest BCUT2D eigenvalue weighted by Gasteiger charge is -2.31. The van der Waals surface area contributed by atoms with Crippen LogP contribution in [0.5, 0.6) is 5.75 Å². The van der Waals surface area contributed by atoms with Gasteiger partial charge in [0.15, 0.2) is 0 Å². The fraction of sp³-hybridized carbons (Fsp3) is 0.600. The molecular formula is C15H24N2O. The lowest BCUT2D eigenvalue weighted by molar-refractivity contribution is 0.205. The zero-order chi connectivity index (χ0) is 12.8. The van der Waals surface area contributed by atoms with Gasteiger partial charge in [-0.25, -0.2) is 0 Å². The van der Waals surface area contributed by atoms with Crippen molar-refractivity contribution in [1.29, 1.82) is 0 Å². The van der Waals surface area contributed by atoms with Gasteiger partial charge in [-0.2, -0.15) is 0 Å². The van der Waals surface area contributed by atoms with E-state index >= 15 is 0 Å². The molecule has 1 N–H and O–H groups in total. The normalized spacial score (nSPS) is 17.9. The number of rotatable bonds is 5. The van der Waals surface area contributed by atoms with Gasteiger partial charge in [0, 0.05) is 18.2 Å². The maximum atomic E-state index is 5.37. The average molecular weight is 248 g/mol. The summed E-state index contributed by atoms with van der Waals surface area (Å²) >= 11 is 0. The van der Waals surface area contributed by atoms with Crippen molar-refractivity contribution in [3.8, 4) is 5.75 Å². The number of hydrogen-bond donors (Lipinski definition) is 1. The molecule has 1 saturated heterocycles. The molecule has 3 heteroatoms. The minimum Gasteiger partial charge on any atom is -0.496 e. The predicted octanol–water partition coefficient (Wildman–Crippen LogP) is 2.27. The second kappa shape index (κ2) is 6.76. The SMILES string of the molecule is CCN1CCC(NCc2ccccc2OC)CC1. The van der Waals surface area contributed by atoms with Gasteiger partial charge in [0.1, 0.15) is 5.75 Å². The fourth-order valence-electron chi connectivity index (χ4n) is 2.56. The van der Waals surface area contributed by atoms with Crippen LogP contribution in [-0.4, -0.2) is 37.7 Å². The third kappa shape index (κ3) is 3.47. The fourth-order valence-corrected chi connectivity index (χ4v) is 2.56. The standard InChI is InChI=1S/C15H24N2O/c1-3-17-10-8-14(9-11-17)16-12-13-6-4-5-7-15(13)18-2/h4-7,14,16H,3,8-12H2,1-2H3. The van der Waals surface area contributed by atoms with Gasteiger partial charge in [0.25, 0.3) is 0 Å². The lowest BCUT2D eigenvalue weighted by atomic mass is 10.0. The summed E-state index contributed by atoms with van der Waals surface area (Å²) in [5.74, 6) is 0.982. The van der Waals surface area contributed by atoms with E-state index in [1.807, 2.05) is 12.1 Å². The van der Waals surface area contributed by atoms with Crippen molar-refractivity contribution in [1.82, 2.24) is 10.2 Å². The van der Waals surface area contributed by atoms with Crippen molar-refractivity contribution < 1.29 is 4.74 Å². The molecule has 0 unspecified atom stereocenters. The molecule has 1 aromatic rings. The first-order valence-corrected chi connectivity index (χ1v) is 6.91. The van der Waals surface area contributed by atoms with Gasteiger partial charge < -0.3 is 15.0 Å². The maximum absolute atomic E-state index is 5.37. The number of piperidine rings is 1. The average Bonchev–Trinajstić information content (AvgIpc) is 2.46. The Hall–Kier alpha value is -1.06. The molecule has 1 aliphatic rings. The molecule has 0 amide bonds. The van der Waals surface area contributed by atoms with Crippen LogP contribution in [0.25, 0.3) is 0 Å². The molecule has 0 saturated carbocycles. The van der Waals surface area contributed by atoms with Crippen LogP contribution < -0.4 is 10.1 Å². The van der Waals surface area contributed by atoms with Crippen LogP contribution in [0.2, 0.25) is 0 Å². The van der Waals surface area contributed by atoms with E-state index in [-0.39, 0.29) is 0 Å². The highest BCUT2D eigenvalue weighted by Crippen LogP contribution is 2.18. The van der Waals surface area contributed by atoms with Gasteiger partial charge in [-0.05, 0) is 38.5 Å². The number of nitrogens with one attached hydrogen (secondary N) is 1. The Morgan fingerprint density at radius 2 is 2.00 bits per heavy atom. The van der Waals surface area contributed by atoms with Crippen molar-refractivity contribution in [2.45, 2.75) is 32.4 Å². The second-order valence-corrected chi connectivity index (χ2v) is 4.90. The van der Waals surface area contributed by atoms with E-state index < -0.39 is 0 Å². The third-order valence-corrected chi connectivity index (χ3v) is 3.81. The number of benzene rings is 1. The number of ether oxygens (including phenoxy) is 1. The monoisotopic (exact) mass is 248 g/mol. The Balaban J connectivity index is 1.81. The minimum atomic E-state index is 0.651. The van der Waals surface area contributed by atoms with E-state index in [2.05, 4.69) is 29.3 Å². The number of para-hydroxylation sites is 1. The molecule has 0 aliphatic carbocycles. The summed E-state index contributed by atoms with van der Waals surface area (Å²) < 4.78 is 5.37. The lowest BCUT2D eigenvalue weighted by Crippen LogP contribution is -2.42. The zero-order valence-corrected chi connectivity index (χ0v) is 11.5. The second-order valence-electron chi connectivity index (χ2n) is 4.90. The summed E-state index contributed by atoms with van der Waals surface area (Å²) in [6, 6.07) is 8.89. The molecule has 1 aromatic carbocycles. The molecule has 0 spiro atoms. The first kappa shape index (κ1) is 13.4. The summed E-state index contributed by atoms with van der Waals surface area (Å²) in [6.07, 6.45) is 2.51. The molecule has 0 radical (unpaired) electrons. The Bertz CT molecular complexity index is 359. The van der Waals surface area contributed by atoms with Crippen LogP contribution >= 0.6 is 0 Å². The van der Waals surface area contributed by atoms with Crippen LogP contribution in [0, 0.1) is 0 Å². The molecule has 3 nitrogen and oxygen atoms in total. The largest absolute Gasteiger partial charge is 0.496 e. The van der Waals surface area contributed by atoms with E-state index in [9.17, 15) is 0 Å². The Labute approximate surface area is 110 Å². The van der Waals surface area contributed by atoms with E-state index in [0.717, 1.165) is 12.3 Å². The van der Waals surface area contributed by atoms with Crippen LogP contribution in [0.1, 0.15) is 25.3 Å². The zero-order valence-electron chi connectivity index (χ0n) is 11.5. The smallest absolute Gasteiger partial charge is 0.123 e. The van der Waals surface area contributed by atoms with Crippen molar-refractivity contribution >= 4 is 0 Å². The van der Waals surface area contributed by atoms with Crippen LogP contribution in [0.3, 0.4) is 0 Å². The summed E-state index contributed by atoms with van der Waals surface area (Å²) in [4.78, 5) is 2.52. The topological polar surface area (TPSA) is 24.5 Å². The van der Waals surface area contributed by atoms with Gasteiger partial charge in [0.2, 0.25) is 0 Å². The van der Waals surface area contributed by atoms with Crippen molar-refractivity contribution in [3.05, 3.63) is 29.8 Å². The number of nitrogens with zero attached hydrogens (tertiary/aromatic N) is 1. The molecule has 1 fully saturated rings. The van der Waals surface area contributed by atoms with Crippen LogP contribution in [0.4, 0.5) is 0 Å². The Morgan fingerprint density at radius 3 is 2.67 bits per heavy atom. The molecule has 0 atom stereocenters. The van der Waals surface area contributed by atoms with Crippen molar-refractivity contribution in [2.75, 3.05) is 26.7 Å². The first-order chi connectivity index (χ1) is 8.83. The third-order valence-electron chi connectivity index (χ3n) is 3.81. The molecule has 1 heterocycles. The summed E-state index contributed by atoms with van der Waals surface area (Å²) in [5, 5.41) is 3.65. The van der Waals surface area contributed by atoms with Gasteiger partial charge in [-0.15, -0.1) is 0 Å². The quantitative estimate of drug-likeness (QED) is 0.865. The van der Waals surface area contributed by atoms with Gasteiger partial charge in [-0.1, -0.05) is 25.1 Å². The van der Waals surface area contributed by atoms with Crippen molar-refractivity contribution in [2.24, 2.45) is 0 Å². The number of hydrogen-bond acceptors (Lipinski definition) is 3. The van der Waals surface area contributed by atoms with Gasteiger partial charge >= 0.3 is 0 Å². The maximum Gasteiger partial charge on any atom is 0.123 e. The molecule has 0 bridgehead atoms. The Kier molecular flexibility index (Phi) is 5.02. The first-order valence-electron chi connectivity index (χ1n) is 6.91. The predicted molar refractivity (Wildman–Crippen MR) is 75.0 cm³/mol. The molecule has 2 rings (SSSR count). The minimum absolute atomic E-state index is 0.651. The number of methoxy groups -OCH3 is 1. The van der Waals surface area contributed by atoms with Gasteiger partial charge in [-0.3, -0.25) is 0 Å². The molecule has 1 aliphatic heterocycles. The highest BCUT2D eigenvalue weighted by atomic mass is 16.5. The molecular weight excluding hydrogens is 224 g/mol. The summed E-state index contributed by atoms with van der Waals surface area (Å²) in [6.45, 7) is 6.77. The molecule has 100 valence electrons. The van der Waals surface area contributed by atoms with E-state index in [1.165, 1.54) is 38.0 Å². The highest BCUT2D eigenvalue weighted by Gasteiger charge is 2.17. The van der Waals surface area contributed by atoms with E-state index in [4.69, 9.17) is 4.74 Å². The van der Waals surface area contributed by atoms with E-state index in [1.54, 1.807) is 7.11 Å². The van der Waals surface area contributed by atoms with Crippen LogP contribution in [-0.2, 0) is 6.54 Å². The highest BCUT2D eigenvalue weighted by molar-refractivity contribution is 5.33. The molecule has 18 heavy (non-hydrogen) atoms. The summed E-state index contributed by atoms with van der Waals surface area (Å²) in [5.41, 5.74) is 1.25. The number of likely N-dealkylation sites (tertiary alicyclic amines) is 1. The molecule has 0 aromatic heterocycles. The van der Waals surface area contributed by atoms with Gasteiger partial charge in [0.05, 0.1) is 7.11 Å². The summed E-state index contributed by atoms with van der Waals surface area (Å²) in [7, 11) is 1.73.